The minimum atomic E-state index is 0.0386. The predicted octanol–water partition coefficient (Wildman–Crippen LogP) is 3.94. The van der Waals surface area contributed by atoms with Crippen molar-refractivity contribution in [2.75, 3.05) is 18.9 Å². The second-order valence-electron chi connectivity index (χ2n) is 7.51. The van der Waals surface area contributed by atoms with Gasteiger partial charge in [-0.25, -0.2) is 4.98 Å². The zero-order chi connectivity index (χ0) is 19.6. The SMILES string of the molecule is Cc1cccc(C(C)C)c1NC(=O)C[NH+](C)[C@H](C)c1nc2ccccc2s1. The van der Waals surface area contributed by atoms with Crippen molar-refractivity contribution in [3.05, 3.63) is 58.6 Å². The van der Waals surface area contributed by atoms with Crippen molar-refractivity contribution < 1.29 is 9.69 Å². The highest BCUT2D eigenvalue weighted by Crippen LogP contribution is 2.27. The van der Waals surface area contributed by atoms with E-state index in [9.17, 15) is 4.79 Å². The lowest BCUT2D eigenvalue weighted by atomic mass is 9.98. The Morgan fingerprint density at radius 3 is 2.59 bits per heavy atom. The van der Waals surface area contributed by atoms with Gasteiger partial charge < -0.3 is 10.2 Å². The summed E-state index contributed by atoms with van der Waals surface area (Å²) in [6.07, 6.45) is 0. The fraction of sp³-hybridized carbons (Fsp3) is 0.364. The first kappa shape index (κ1) is 19.5. The molecule has 2 aromatic carbocycles. The number of hydrogen-bond acceptors (Lipinski definition) is 3. The van der Waals surface area contributed by atoms with Gasteiger partial charge in [0.05, 0.1) is 17.3 Å². The normalized spacial score (nSPS) is 13.7. The van der Waals surface area contributed by atoms with Crippen molar-refractivity contribution in [1.82, 2.24) is 4.98 Å². The number of fused-ring (bicyclic) bond motifs is 1. The standard InChI is InChI=1S/C22H27N3OS/c1-14(2)17-10-8-9-15(3)21(17)24-20(26)13-25(5)16(4)22-23-18-11-6-7-12-19(18)27-22/h6-12,14,16H,13H2,1-5H3,(H,24,26)/p+1/t16-/m1/s1. The summed E-state index contributed by atoms with van der Waals surface area (Å²) in [5.74, 6) is 0.406. The molecule has 2 N–H and O–H groups in total. The van der Waals surface area contributed by atoms with E-state index in [0.29, 0.717) is 12.5 Å². The van der Waals surface area contributed by atoms with Gasteiger partial charge in [0.1, 0.15) is 6.04 Å². The van der Waals surface area contributed by atoms with Gasteiger partial charge in [-0.2, -0.15) is 0 Å². The summed E-state index contributed by atoms with van der Waals surface area (Å²) in [7, 11) is 2.05. The van der Waals surface area contributed by atoms with E-state index in [4.69, 9.17) is 4.98 Å². The van der Waals surface area contributed by atoms with Crippen LogP contribution in [0.15, 0.2) is 42.5 Å². The smallest absolute Gasteiger partial charge is 0.279 e. The second kappa shape index (κ2) is 8.19. The molecule has 3 aromatic rings. The fourth-order valence-corrected chi connectivity index (χ4v) is 4.33. The molecule has 27 heavy (non-hydrogen) atoms. The third-order valence-corrected chi connectivity index (χ3v) is 6.27. The highest BCUT2D eigenvalue weighted by atomic mass is 32.1. The number of aryl methyl sites for hydroxylation is 1. The van der Waals surface area contributed by atoms with Crippen LogP contribution >= 0.6 is 11.3 Å². The Morgan fingerprint density at radius 1 is 1.15 bits per heavy atom. The molecule has 4 nitrogen and oxygen atoms in total. The third kappa shape index (κ3) is 4.37. The van der Waals surface area contributed by atoms with Crippen LogP contribution in [-0.4, -0.2) is 24.5 Å². The molecule has 0 aliphatic heterocycles. The Kier molecular flexibility index (Phi) is 5.92. The third-order valence-electron chi connectivity index (χ3n) is 5.05. The quantitative estimate of drug-likeness (QED) is 0.678. The number of carbonyl (C=O) groups is 1. The number of hydrogen-bond donors (Lipinski definition) is 2. The van der Waals surface area contributed by atoms with Crippen LogP contribution in [0.2, 0.25) is 0 Å². The molecule has 0 aliphatic carbocycles. The summed E-state index contributed by atoms with van der Waals surface area (Å²) in [4.78, 5) is 18.6. The first-order chi connectivity index (χ1) is 12.9. The maximum atomic E-state index is 12.7. The molecule has 0 radical (unpaired) electrons. The summed E-state index contributed by atoms with van der Waals surface area (Å²) < 4.78 is 1.19. The minimum Gasteiger partial charge on any atom is -0.322 e. The van der Waals surface area contributed by atoms with E-state index >= 15 is 0 Å². The maximum Gasteiger partial charge on any atom is 0.279 e. The van der Waals surface area contributed by atoms with Crippen molar-refractivity contribution in [3.8, 4) is 0 Å². The molecule has 3 rings (SSSR count). The highest BCUT2D eigenvalue weighted by molar-refractivity contribution is 7.18. The topological polar surface area (TPSA) is 46.4 Å². The summed E-state index contributed by atoms with van der Waals surface area (Å²) in [6.45, 7) is 8.88. The number of carbonyl (C=O) groups excluding carboxylic acids is 1. The molecule has 5 heteroatoms. The van der Waals surface area contributed by atoms with Gasteiger partial charge in [-0.05, 0) is 43.0 Å². The minimum absolute atomic E-state index is 0.0386. The van der Waals surface area contributed by atoms with Crippen LogP contribution in [0.1, 0.15) is 48.9 Å². The molecule has 1 unspecified atom stereocenters. The molecule has 1 amide bonds. The van der Waals surface area contributed by atoms with E-state index < -0.39 is 0 Å². The van der Waals surface area contributed by atoms with Crippen molar-refractivity contribution in [2.24, 2.45) is 0 Å². The van der Waals surface area contributed by atoms with Crippen molar-refractivity contribution in [2.45, 2.75) is 39.7 Å². The van der Waals surface area contributed by atoms with Crippen LogP contribution in [0.3, 0.4) is 0 Å². The zero-order valence-corrected chi connectivity index (χ0v) is 17.5. The summed E-state index contributed by atoms with van der Waals surface area (Å²) in [6, 6.07) is 14.5. The Balaban J connectivity index is 1.70. The average molecular weight is 383 g/mol. The van der Waals surface area contributed by atoms with Gasteiger partial charge in [-0.3, -0.25) is 4.79 Å². The molecule has 0 saturated heterocycles. The van der Waals surface area contributed by atoms with E-state index in [1.54, 1.807) is 11.3 Å². The molecule has 0 bridgehead atoms. The van der Waals surface area contributed by atoms with Crippen molar-refractivity contribution >= 4 is 33.1 Å². The zero-order valence-electron chi connectivity index (χ0n) is 16.7. The molecule has 1 heterocycles. The number of rotatable bonds is 6. The first-order valence-corrected chi connectivity index (χ1v) is 10.3. The van der Waals surface area contributed by atoms with Crippen molar-refractivity contribution in [1.29, 1.82) is 0 Å². The Labute approximate surface area is 165 Å². The molecule has 0 saturated carbocycles. The number of nitrogens with one attached hydrogen (secondary N) is 2. The molecule has 1 aromatic heterocycles. The molecular weight excluding hydrogens is 354 g/mol. The van der Waals surface area contributed by atoms with Gasteiger partial charge in [0.15, 0.2) is 11.6 Å². The number of para-hydroxylation sites is 2. The van der Waals surface area contributed by atoms with Crippen molar-refractivity contribution in [3.63, 3.8) is 0 Å². The fourth-order valence-electron chi connectivity index (χ4n) is 3.22. The Morgan fingerprint density at radius 2 is 1.89 bits per heavy atom. The van der Waals surface area contributed by atoms with Gasteiger partial charge >= 0.3 is 0 Å². The van der Waals surface area contributed by atoms with E-state index in [1.165, 1.54) is 10.3 Å². The molecule has 0 fully saturated rings. The monoisotopic (exact) mass is 382 g/mol. The molecular formula is C22H28N3OS+. The number of nitrogens with zero attached hydrogens (tertiary/aromatic N) is 1. The predicted molar refractivity (Wildman–Crippen MR) is 114 cm³/mol. The van der Waals surface area contributed by atoms with Crippen LogP contribution < -0.4 is 10.2 Å². The van der Waals surface area contributed by atoms with E-state index in [-0.39, 0.29) is 11.9 Å². The van der Waals surface area contributed by atoms with E-state index in [1.807, 2.05) is 37.3 Å². The lowest BCUT2D eigenvalue weighted by Crippen LogP contribution is -3.10. The molecule has 0 aliphatic rings. The maximum absolute atomic E-state index is 12.7. The number of thiazole rings is 1. The Bertz CT molecular complexity index is 915. The average Bonchev–Trinajstić information content (AvgIpc) is 3.06. The van der Waals surface area contributed by atoms with Gasteiger partial charge in [0.2, 0.25) is 0 Å². The van der Waals surface area contributed by atoms with Gasteiger partial charge in [0.25, 0.3) is 5.91 Å². The van der Waals surface area contributed by atoms with E-state index in [0.717, 1.165) is 26.7 Å². The highest BCUT2D eigenvalue weighted by Gasteiger charge is 2.23. The van der Waals surface area contributed by atoms with Crippen LogP contribution in [0, 0.1) is 6.92 Å². The largest absolute Gasteiger partial charge is 0.322 e. The van der Waals surface area contributed by atoms with Gasteiger partial charge in [0, 0.05) is 5.69 Å². The number of likely N-dealkylation sites (N-methyl/N-ethyl adjacent to an activating group) is 1. The second-order valence-corrected chi connectivity index (χ2v) is 8.57. The molecule has 0 spiro atoms. The first-order valence-electron chi connectivity index (χ1n) is 9.44. The van der Waals surface area contributed by atoms with Gasteiger partial charge in [-0.15, -0.1) is 11.3 Å². The number of quaternary nitrogens is 1. The van der Waals surface area contributed by atoms with Crippen LogP contribution in [-0.2, 0) is 4.79 Å². The lowest BCUT2D eigenvalue weighted by molar-refractivity contribution is -0.902. The lowest BCUT2D eigenvalue weighted by Gasteiger charge is -2.21. The summed E-state index contributed by atoms with van der Waals surface area (Å²) in [5, 5.41) is 4.22. The van der Waals surface area contributed by atoms with Crippen LogP contribution in [0.25, 0.3) is 10.2 Å². The number of amides is 1. The number of benzene rings is 2. The number of aromatic nitrogens is 1. The molecule has 142 valence electrons. The van der Waals surface area contributed by atoms with E-state index in [2.05, 4.69) is 45.3 Å². The van der Waals surface area contributed by atoms with Crippen LogP contribution in [0.4, 0.5) is 5.69 Å². The summed E-state index contributed by atoms with van der Waals surface area (Å²) >= 11 is 1.71. The number of anilines is 1. The Hall–Kier alpha value is -2.24. The van der Waals surface area contributed by atoms with Gasteiger partial charge in [-0.1, -0.05) is 44.2 Å². The summed E-state index contributed by atoms with van der Waals surface area (Å²) in [5.41, 5.74) is 4.27. The van der Waals surface area contributed by atoms with Crippen LogP contribution in [0.5, 0.6) is 0 Å². The molecule has 2 atom stereocenters.